The number of benzene rings is 1. The maximum Gasteiger partial charge on any atom is 0.228 e. The maximum atomic E-state index is 12.1. The molecule has 3 rings (SSSR count). The zero-order valence-electron chi connectivity index (χ0n) is 14.8. The van der Waals surface area contributed by atoms with Gasteiger partial charge in [0.2, 0.25) is 11.8 Å². The number of fused-ring (bicyclic) bond motifs is 1. The number of amides is 2. The Bertz CT molecular complexity index is 634. The number of carbonyl (C=O) groups excluding carboxylic acids is 2. The summed E-state index contributed by atoms with van der Waals surface area (Å²) < 4.78 is 0. The fourth-order valence-corrected chi connectivity index (χ4v) is 3.81. The van der Waals surface area contributed by atoms with E-state index in [9.17, 15) is 14.7 Å². The van der Waals surface area contributed by atoms with Crippen molar-refractivity contribution in [3.05, 3.63) is 29.3 Å². The molecular weight excluding hydrogens is 316 g/mol. The van der Waals surface area contributed by atoms with E-state index in [1.165, 1.54) is 12.8 Å². The lowest BCUT2D eigenvalue weighted by Gasteiger charge is -2.26. The van der Waals surface area contributed by atoms with Crippen LogP contribution >= 0.6 is 0 Å². The molecule has 136 valence electrons. The zero-order chi connectivity index (χ0) is 17.7. The highest BCUT2D eigenvalue weighted by Gasteiger charge is 2.28. The van der Waals surface area contributed by atoms with Gasteiger partial charge >= 0.3 is 0 Å². The molecule has 1 fully saturated rings. The lowest BCUT2D eigenvalue weighted by Crippen LogP contribution is -2.42. The van der Waals surface area contributed by atoms with Gasteiger partial charge in [-0.2, -0.15) is 0 Å². The number of anilines is 1. The van der Waals surface area contributed by atoms with E-state index >= 15 is 0 Å². The summed E-state index contributed by atoms with van der Waals surface area (Å²) in [7, 11) is 0. The van der Waals surface area contributed by atoms with Crippen molar-refractivity contribution in [2.75, 3.05) is 11.9 Å². The van der Waals surface area contributed by atoms with E-state index in [4.69, 9.17) is 0 Å². The number of nitrogens with one attached hydrogen (secondary N) is 2. The lowest BCUT2D eigenvalue weighted by atomic mass is 9.94. The highest BCUT2D eigenvalue weighted by atomic mass is 16.3. The average Bonchev–Trinajstić information content (AvgIpc) is 2.81. The second-order valence-electron chi connectivity index (χ2n) is 7.49. The molecule has 0 saturated heterocycles. The summed E-state index contributed by atoms with van der Waals surface area (Å²) >= 11 is 0. The van der Waals surface area contributed by atoms with E-state index in [2.05, 4.69) is 16.7 Å². The van der Waals surface area contributed by atoms with Gasteiger partial charge in [0.25, 0.3) is 0 Å². The lowest BCUT2D eigenvalue weighted by molar-refractivity contribution is -0.122. The molecule has 25 heavy (non-hydrogen) atoms. The third-order valence-electron chi connectivity index (χ3n) is 5.31. The third-order valence-corrected chi connectivity index (χ3v) is 5.31. The van der Waals surface area contributed by atoms with E-state index in [1.807, 2.05) is 12.1 Å². The minimum atomic E-state index is -0.717. The highest BCUT2D eigenvalue weighted by molar-refractivity contribution is 5.99. The van der Waals surface area contributed by atoms with Crippen molar-refractivity contribution in [2.24, 2.45) is 0 Å². The van der Waals surface area contributed by atoms with Crippen LogP contribution < -0.4 is 10.6 Å². The van der Waals surface area contributed by atoms with Gasteiger partial charge in [-0.1, -0.05) is 37.8 Å². The fourth-order valence-electron chi connectivity index (χ4n) is 3.81. The van der Waals surface area contributed by atoms with Crippen LogP contribution in [-0.2, 0) is 22.4 Å². The molecule has 5 heteroatoms. The predicted molar refractivity (Wildman–Crippen MR) is 97.4 cm³/mol. The van der Waals surface area contributed by atoms with Gasteiger partial charge < -0.3 is 15.7 Å². The van der Waals surface area contributed by atoms with Gasteiger partial charge in [0.15, 0.2) is 0 Å². The van der Waals surface area contributed by atoms with Crippen LogP contribution in [0.15, 0.2) is 18.2 Å². The minimum Gasteiger partial charge on any atom is -0.388 e. The van der Waals surface area contributed by atoms with E-state index in [0.29, 0.717) is 19.4 Å². The standard InChI is InChI=1S/C20H28N2O3/c23-18(21-14-20(25)10-3-1-2-4-11-20)7-5-6-15-8-9-17-16(12-15)13-19(24)22-17/h8-9,12,25H,1-7,10-11,13-14H2,(H,21,23)(H,22,24). The molecule has 1 saturated carbocycles. The van der Waals surface area contributed by atoms with Crippen LogP contribution in [0.3, 0.4) is 0 Å². The molecule has 0 aromatic heterocycles. The summed E-state index contributed by atoms with van der Waals surface area (Å²) in [4.78, 5) is 23.4. The van der Waals surface area contributed by atoms with Gasteiger partial charge in [-0.05, 0) is 42.9 Å². The molecule has 2 amide bonds. The molecule has 0 bridgehead atoms. The Kier molecular flexibility index (Phi) is 5.74. The Balaban J connectivity index is 1.39. The molecule has 3 N–H and O–H groups in total. The first-order valence-corrected chi connectivity index (χ1v) is 9.45. The van der Waals surface area contributed by atoms with Crippen molar-refractivity contribution in [1.29, 1.82) is 0 Å². The SMILES string of the molecule is O=C(CCCc1ccc2c(c1)CC(=O)N2)NCC1(O)CCCCCC1. The van der Waals surface area contributed by atoms with E-state index in [0.717, 1.165) is 55.3 Å². The molecule has 1 aliphatic heterocycles. The number of rotatable bonds is 6. The van der Waals surface area contributed by atoms with Crippen LogP contribution in [0, 0.1) is 0 Å². The van der Waals surface area contributed by atoms with Crippen molar-refractivity contribution in [1.82, 2.24) is 5.32 Å². The minimum absolute atomic E-state index is 0.00989. The third kappa shape index (κ3) is 5.05. The Morgan fingerprint density at radius 2 is 1.96 bits per heavy atom. The van der Waals surface area contributed by atoms with Crippen molar-refractivity contribution < 1.29 is 14.7 Å². The summed E-state index contributed by atoms with van der Waals surface area (Å²) in [6.07, 6.45) is 8.51. The van der Waals surface area contributed by atoms with Gasteiger partial charge in [0.05, 0.1) is 12.0 Å². The zero-order valence-corrected chi connectivity index (χ0v) is 14.8. The van der Waals surface area contributed by atoms with Crippen molar-refractivity contribution >= 4 is 17.5 Å². The van der Waals surface area contributed by atoms with E-state index < -0.39 is 5.60 Å². The molecule has 2 aliphatic rings. The van der Waals surface area contributed by atoms with Crippen LogP contribution in [0.1, 0.15) is 62.5 Å². The Labute approximate surface area is 149 Å². The monoisotopic (exact) mass is 344 g/mol. The second-order valence-corrected chi connectivity index (χ2v) is 7.49. The van der Waals surface area contributed by atoms with Gasteiger partial charge in [0, 0.05) is 18.7 Å². The first-order valence-electron chi connectivity index (χ1n) is 9.45. The highest BCUT2D eigenvalue weighted by Crippen LogP contribution is 2.26. The van der Waals surface area contributed by atoms with Gasteiger partial charge in [-0.15, -0.1) is 0 Å². The number of aliphatic hydroxyl groups is 1. The van der Waals surface area contributed by atoms with Crippen LogP contribution in [0.2, 0.25) is 0 Å². The topological polar surface area (TPSA) is 78.4 Å². The summed E-state index contributed by atoms with van der Waals surface area (Å²) in [5.74, 6) is 0.0543. The normalized spacial score (nSPS) is 19.0. The second kappa shape index (κ2) is 8.00. The summed E-state index contributed by atoms with van der Waals surface area (Å²) in [6.45, 7) is 0.373. The molecule has 1 heterocycles. The fraction of sp³-hybridized carbons (Fsp3) is 0.600. The molecule has 0 atom stereocenters. The molecule has 1 aliphatic carbocycles. The predicted octanol–water partition coefficient (Wildman–Crippen LogP) is 2.71. The van der Waals surface area contributed by atoms with Crippen molar-refractivity contribution in [2.45, 2.75) is 69.8 Å². The molecule has 5 nitrogen and oxygen atoms in total. The Hall–Kier alpha value is -1.88. The van der Waals surface area contributed by atoms with E-state index in [-0.39, 0.29) is 11.8 Å². The van der Waals surface area contributed by atoms with Gasteiger partial charge in [-0.25, -0.2) is 0 Å². The quantitative estimate of drug-likeness (QED) is 0.694. The smallest absolute Gasteiger partial charge is 0.228 e. The maximum absolute atomic E-state index is 12.1. The molecular formula is C20H28N2O3. The Morgan fingerprint density at radius 1 is 1.20 bits per heavy atom. The van der Waals surface area contributed by atoms with Crippen LogP contribution in [0.4, 0.5) is 5.69 Å². The molecule has 1 aromatic rings. The van der Waals surface area contributed by atoms with E-state index in [1.54, 1.807) is 0 Å². The summed E-state index contributed by atoms with van der Waals surface area (Å²) in [5, 5.41) is 16.3. The Morgan fingerprint density at radius 3 is 2.72 bits per heavy atom. The number of hydrogen-bond donors (Lipinski definition) is 3. The van der Waals surface area contributed by atoms with Crippen LogP contribution in [-0.4, -0.2) is 29.1 Å². The van der Waals surface area contributed by atoms with Gasteiger partial charge in [-0.3, -0.25) is 9.59 Å². The molecule has 1 aromatic carbocycles. The molecule has 0 spiro atoms. The van der Waals surface area contributed by atoms with Crippen molar-refractivity contribution in [3.8, 4) is 0 Å². The number of aryl methyl sites for hydroxylation is 1. The largest absolute Gasteiger partial charge is 0.388 e. The number of carbonyl (C=O) groups is 2. The van der Waals surface area contributed by atoms with Crippen molar-refractivity contribution in [3.63, 3.8) is 0 Å². The van der Waals surface area contributed by atoms with Crippen LogP contribution in [0.5, 0.6) is 0 Å². The molecule has 0 unspecified atom stereocenters. The van der Waals surface area contributed by atoms with Crippen LogP contribution in [0.25, 0.3) is 0 Å². The summed E-state index contributed by atoms with van der Waals surface area (Å²) in [6, 6.07) is 6.01. The first-order chi connectivity index (χ1) is 12.0. The van der Waals surface area contributed by atoms with Gasteiger partial charge in [0.1, 0.15) is 0 Å². The molecule has 0 radical (unpaired) electrons. The number of hydrogen-bond acceptors (Lipinski definition) is 3. The summed E-state index contributed by atoms with van der Waals surface area (Å²) in [5.41, 5.74) is 2.39. The first kappa shape index (κ1) is 17.9. The average molecular weight is 344 g/mol.